The lowest BCUT2D eigenvalue weighted by molar-refractivity contribution is -0.131. The minimum Gasteiger partial charge on any atom is -0.491 e. The number of imide groups is 2. The Bertz CT molecular complexity index is 1880. The largest absolute Gasteiger partial charge is 0.491 e. The van der Waals surface area contributed by atoms with Gasteiger partial charge in [0.05, 0.1) is 46.2 Å². The lowest BCUT2D eigenvalue weighted by Crippen LogP contribution is -2.48. The number of fused-ring (bicyclic) bond motifs is 4. The summed E-state index contributed by atoms with van der Waals surface area (Å²) in [5.41, 5.74) is 1.68. The lowest BCUT2D eigenvalue weighted by atomic mass is 9.51. The minimum absolute atomic E-state index is 0.111. The van der Waals surface area contributed by atoms with Crippen LogP contribution in [0, 0.1) is 41.8 Å². The normalized spacial score (nSPS) is 28.3. The summed E-state index contributed by atoms with van der Waals surface area (Å²) in [6.45, 7) is 3.57. The first-order chi connectivity index (χ1) is 22.5. The molecule has 3 aromatic carbocycles. The minimum atomic E-state index is -1.27. The lowest BCUT2D eigenvalue weighted by Gasteiger charge is -2.49. The van der Waals surface area contributed by atoms with E-state index >= 15 is 0 Å². The summed E-state index contributed by atoms with van der Waals surface area (Å²) in [4.78, 5) is 59.2. The van der Waals surface area contributed by atoms with E-state index in [9.17, 15) is 28.7 Å². The zero-order chi connectivity index (χ0) is 33.4. The maximum Gasteiger partial charge on any atom is 0.241 e. The van der Waals surface area contributed by atoms with Crippen molar-refractivity contribution in [3.8, 4) is 5.75 Å². The van der Waals surface area contributed by atoms with Crippen LogP contribution in [0.25, 0.3) is 0 Å². The summed E-state index contributed by atoms with van der Waals surface area (Å²) >= 11 is 12.5. The Morgan fingerprint density at radius 1 is 0.894 bits per heavy atom. The number of hydrogen-bond acceptors (Lipinski definition) is 6. The number of rotatable bonds is 6. The zero-order valence-corrected chi connectivity index (χ0v) is 27.1. The molecule has 1 N–H and O–H groups in total. The number of aliphatic hydroxyl groups is 1. The first-order valence-electron chi connectivity index (χ1n) is 15.5. The highest BCUT2D eigenvalue weighted by Crippen LogP contribution is 2.63. The highest BCUT2D eigenvalue weighted by Gasteiger charge is 2.67. The Labute approximate surface area is 280 Å². The molecule has 3 aromatic rings. The molecule has 4 aliphatic rings. The number of carbonyl (C=O) groups excluding carboxylic acids is 4. The maximum atomic E-state index is 14.5. The molecule has 8 nitrogen and oxygen atoms in total. The van der Waals surface area contributed by atoms with Gasteiger partial charge in [-0.3, -0.25) is 19.2 Å². The van der Waals surface area contributed by atoms with Gasteiger partial charge in [-0.25, -0.2) is 14.2 Å². The Kier molecular flexibility index (Phi) is 7.77. The van der Waals surface area contributed by atoms with Crippen molar-refractivity contribution in [1.82, 2.24) is 0 Å². The third kappa shape index (κ3) is 4.73. The number of ether oxygens (including phenoxy) is 1. The number of anilines is 2. The number of halogens is 3. The average Bonchev–Trinajstić information content (AvgIpc) is 3.42. The van der Waals surface area contributed by atoms with Crippen molar-refractivity contribution in [3.63, 3.8) is 0 Å². The summed E-state index contributed by atoms with van der Waals surface area (Å²) < 4.78 is 19.7. The van der Waals surface area contributed by atoms with E-state index in [4.69, 9.17) is 27.9 Å². The van der Waals surface area contributed by atoms with Crippen molar-refractivity contribution in [2.75, 3.05) is 23.0 Å². The first-order valence-corrected chi connectivity index (χ1v) is 16.2. The van der Waals surface area contributed by atoms with Crippen LogP contribution in [0.3, 0.4) is 0 Å². The van der Waals surface area contributed by atoms with Crippen molar-refractivity contribution >= 4 is 58.2 Å². The molecule has 0 radical (unpaired) electrons. The van der Waals surface area contributed by atoms with Crippen molar-refractivity contribution in [3.05, 3.63) is 99.3 Å². The molecule has 2 heterocycles. The van der Waals surface area contributed by atoms with E-state index in [0.717, 1.165) is 27.7 Å². The fourth-order valence-corrected chi connectivity index (χ4v) is 8.51. The molecule has 0 spiro atoms. The van der Waals surface area contributed by atoms with Crippen LogP contribution in [0.5, 0.6) is 5.75 Å². The predicted molar refractivity (Wildman–Crippen MR) is 174 cm³/mol. The van der Waals surface area contributed by atoms with E-state index in [2.05, 4.69) is 0 Å². The van der Waals surface area contributed by atoms with Crippen LogP contribution < -0.4 is 14.5 Å². The number of benzene rings is 3. The molecule has 0 aromatic heterocycles. The van der Waals surface area contributed by atoms with Gasteiger partial charge >= 0.3 is 0 Å². The fourth-order valence-electron chi connectivity index (χ4n) is 8.16. The molecule has 7 rings (SSSR count). The first kappa shape index (κ1) is 31.5. The monoisotopic (exact) mass is 676 g/mol. The SMILES string of the molecule is Cc1ccc(N2C(=O)[C@H]3[C@H](CC=C4[C@H]3C[C@H]3C(=O)N(c5ccc(F)c(Cl)c5)C(=O)[C@@]3(C)[C@H]4c3ccc(OCCO)cc3)C2=O)cc1Cl. The van der Waals surface area contributed by atoms with Gasteiger partial charge in [0.25, 0.3) is 0 Å². The Hall–Kier alpha value is -4.05. The van der Waals surface area contributed by atoms with Gasteiger partial charge in [0.1, 0.15) is 18.2 Å². The van der Waals surface area contributed by atoms with Gasteiger partial charge in [0, 0.05) is 10.9 Å². The van der Waals surface area contributed by atoms with Crippen LogP contribution in [-0.2, 0) is 19.2 Å². The Morgan fingerprint density at radius 3 is 2.26 bits per heavy atom. The third-order valence-electron chi connectivity index (χ3n) is 10.4. The summed E-state index contributed by atoms with van der Waals surface area (Å²) in [7, 11) is 0. The molecule has 4 amide bonds. The van der Waals surface area contributed by atoms with Gasteiger partial charge in [-0.05, 0) is 86.2 Å². The highest BCUT2D eigenvalue weighted by molar-refractivity contribution is 6.32. The molecule has 2 aliphatic heterocycles. The summed E-state index contributed by atoms with van der Waals surface area (Å²) in [6, 6.07) is 16.0. The summed E-state index contributed by atoms with van der Waals surface area (Å²) in [5, 5.41) is 9.41. The van der Waals surface area contributed by atoms with Crippen LogP contribution in [0.15, 0.2) is 72.3 Å². The second-order valence-corrected chi connectivity index (χ2v) is 13.7. The van der Waals surface area contributed by atoms with E-state index in [1.54, 1.807) is 37.3 Å². The smallest absolute Gasteiger partial charge is 0.241 e. The maximum absolute atomic E-state index is 14.5. The van der Waals surface area contributed by atoms with Gasteiger partial charge in [-0.2, -0.15) is 0 Å². The van der Waals surface area contributed by atoms with Crippen LogP contribution in [-0.4, -0.2) is 41.9 Å². The average molecular weight is 678 g/mol. The molecule has 1 saturated carbocycles. The second kappa shape index (κ2) is 11.6. The highest BCUT2D eigenvalue weighted by atomic mass is 35.5. The third-order valence-corrected chi connectivity index (χ3v) is 11.1. The summed E-state index contributed by atoms with van der Waals surface area (Å²) in [6.07, 6.45) is 2.45. The summed E-state index contributed by atoms with van der Waals surface area (Å²) in [5.74, 6) is -5.08. The topological polar surface area (TPSA) is 104 Å². The number of aryl methyl sites for hydroxylation is 1. The number of nitrogens with zero attached hydrogens (tertiary/aromatic N) is 2. The standard InChI is InChI=1S/C36H31Cl2FN2O6/c1-18-3-6-20(15-27(18)37)40-32(43)24-11-10-23-25(30(24)34(40)45)17-26-33(44)41(21-7-12-29(39)28(38)16-21)35(46)36(26,2)31(23)19-4-8-22(9-5-19)47-14-13-42/h3-10,12,15-16,24-26,30-31,42H,11,13-14,17H2,1-2H3/t24-,25+,26-,30-,31-,36+/m0/s1. The van der Waals surface area contributed by atoms with Crippen LogP contribution >= 0.6 is 23.2 Å². The van der Waals surface area contributed by atoms with Crippen molar-refractivity contribution in [1.29, 1.82) is 0 Å². The number of carbonyl (C=O) groups is 4. The molecule has 0 unspecified atom stereocenters. The molecule has 2 saturated heterocycles. The quantitative estimate of drug-likeness (QED) is 0.245. The van der Waals surface area contributed by atoms with Gasteiger partial charge in [-0.1, -0.05) is 53.1 Å². The van der Waals surface area contributed by atoms with E-state index in [-0.39, 0.29) is 42.2 Å². The Morgan fingerprint density at radius 2 is 1.57 bits per heavy atom. The second-order valence-electron chi connectivity index (χ2n) is 12.8. The van der Waals surface area contributed by atoms with Gasteiger partial charge in [-0.15, -0.1) is 0 Å². The molecule has 11 heteroatoms. The van der Waals surface area contributed by atoms with Gasteiger partial charge < -0.3 is 9.84 Å². The molecular formula is C36H31Cl2FN2O6. The van der Waals surface area contributed by atoms with Crippen molar-refractivity contribution < 1.29 is 33.4 Å². The van der Waals surface area contributed by atoms with Gasteiger partial charge in [0.2, 0.25) is 23.6 Å². The van der Waals surface area contributed by atoms with E-state index in [1.807, 2.05) is 25.1 Å². The molecule has 2 aliphatic carbocycles. The molecule has 242 valence electrons. The van der Waals surface area contributed by atoms with Crippen LogP contribution in [0.4, 0.5) is 15.8 Å². The molecule has 6 atom stereocenters. The number of amides is 4. The van der Waals surface area contributed by atoms with Crippen LogP contribution in [0.2, 0.25) is 10.0 Å². The number of hydrogen-bond donors (Lipinski definition) is 1. The van der Waals surface area contributed by atoms with Gasteiger partial charge in [0.15, 0.2) is 0 Å². The van der Waals surface area contributed by atoms with E-state index in [1.165, 1.54) is 17.0 Å². The Balaban J connectivity index is 1.34. The van der Waals surface area contributed by atoms with E-state index < -0.39 is 52.6 Å². The van der Waals surface area contributed by atoms with Crippen molar-refractivity contribution in [2.45, 2.75) is 32.6 Å². The number of aliphatic hydroxyl groups excluding tert-OH is 1. The zero-order valence-electron chi connectivity index (χ0n) is 25.6. The van der Waals surface area contributed by atoms with Crippen molar-refractivity contribution in [2.24, 2.45) is 29.1 Å². The molecule has 0 bridgehead atoms. The van der Waals surface area contributed by atoms with Crippen LogP contribution in [0.1, 0.15) is 36.8 Å². The van der Waals surface area contributed by atoms with E-state index in [0.29, 0.717) is 22.9 Å². The fraction of sp³-hybridized carbons (Fsp3) is 0.333. The molecular weight excluding hydrogens is 646 g/mol. The predicted octanol–water partition coefficient (Wildman–Crippen LogP) is 6.25. The molecule has 47 heavy (non-hydrogen) atoms. The number of allylic oxidation sites excluding steroid dienone is 2. The molecule has 3 fully saturated rings.